The van der Waals surface area contributed by atoms with Gasteiger partial charge in [-0.1, -0.05) is 6.42 Å². The van der Waals surface area contributed by atoms with Crippen molar-refractivity contribution in [3.05, 3.63) is 0 Å². The molecule has 2 aliphatic rings. The fourth-order valence-corrected chi connectivity index (χ4v) is 3.89. The number of primary amides is 1. The fraction of sp³-hybridized carbons (Fsp3) is 0.933. The Morgan fingerprint density at radius 1 is 1.40 bits per heavy atom. The summed E-state index contributed by atoms with van der Waals surface area (Å²) in [4.78, 5) is 14.1. The highest BCUT2D eigenvalue weighted by Crippen LogP contribution is 2.36. The van der Waals surface area contributed by atoms with E-state index in [2.05, 4.69) is 4.90 Å². The molecule has 0 spiro atoms. The van der Waals surface area contributed by atoms with E-state index < -0.39 is 5.54 Å². The third kappa shape index (κ3) is 3.51. The quantitative estimate of drug-likeness (QED) is 0.752. The summed E-state index contributed by atoms with van der Waals surface area (Å²) in [5, 5.41) is 0. The molecule has 0 aromatic carbocycles. The Morgan fingerprint density at radius 2 is 2.20 bits per heavy atom. The molecule has 4 N–H and O–H groups in total. The number of hydrogen-bond acceptors (Lipinski definition) is 4. The molecule has 1 saturated carbocycles. The van der Waals surface area contributed by atoms with Gasteiger partial charge < -0.3 is 21.1 Å². The Morgan fingerprint density at radius 3 is 2.90 bits per heavy atom. The lowest BCUT2D eigenvalue weighted by atomic mass is 9.84. The van der Waals surface area contributed by atoms with E-state index in [0.717, 1.165) is 51.9 Å². The molecule has 3 atom stereocenters. The molecule has 3 unspecified atom stereocenters. The highest BCUT2D eigenvalue weighted by molar-refractivity contribution is 5.85. The lowest BCUT2D eigenvalue weighted by molar-refractivity contribution is -0.124. The van der Waals surface area contributed by atoms with Crippen molar-refractivity contribution in [2.75, 3.05) is 33.4 Å². The third-order valence-electron chi connectivity index (χ3n) is 5.13. The first-order valence-electron chi connectivity index (χ1n) is 7.86. The van der Waals surface area contributed by atoms with Crippen LogP contribution in [0.25, 0.3) is 0 Å². The van der Waals surface area contributed by atoms with E-state index in [-0.39, 0.29) is 11.8 Å². The van der Waals surface area contributed by atoms with E-state index >= 15 is 0 Å². The van der Waals surface area contributed by atoms with E-state index in [0.29, 0.717) is 5.92 Å². The maximum absolute atomic E-state index is 11.6. The number of rotatable bonds is 6. The van der Waals surface area contributed by atoms with Crippen LogP contribution in [0.5, 0.6) is 0 Å². The van der Waals surface area contributed by atoms with Crippen molar-refractivity contribution in [2.24, 2.45) is 23.3 Å². The highest BCUT2D eigenvalue weighted by atomic mass is 16.5. The lowest BCUT2D eigenvalue weighted by Crippen LogP contribution is -2.55. The van der Waals surface area contributed by atoms with Crippen LogP contribution >= 0.6 is 0 Å². The smallest absolute Gasteiger partial charge is 0.237 e. The summed E-state index contributed by atoms with van der Waals surface area (Å²) in [6.07, 6.45) is 6.29. The number of nitrogens with zero attached hydrogens (tertiary/aromatic N) is 1. The number of carbonyl (C=O) groups is 1. The zero-order valence-corrected chi connectivity index (χ0v) is 12.6. The predicted molar refractivity (Wildman–Crippen MR) is 79.1 cm³/mol. The van der Waals surface area contributed by atoms with Gasteiger partial charge in [0, 0.05) is 13.7 Å². The number of ether oxygens (including phenoxy) is 1. The van der Waals surface area contributed by atoms with E-state index in [1.165, 1.54) is 12.8 Å². The topological polar surface area (TPSA) is 81.6 Å². The van der Waals surface area contributed by atoms with Crippen LogP contribution in [-0.4, -0.2) is 49.7 Å². The third-order valence-corrected chi connectivity index (χ3v) is 5.13. The van der Waals surface area contributed by atoms with Crippen LogP contribution < -0.4 is 11.5 Å². The van der Waals surface area contributed by atoms with Gasteiger partial charge in [-0.3, -0.25) is 4.79 Å². The summed E-state index contributed by atoms with van der Waals surface area (Å²) in [5.74, 6) is 0.579. The second kappa shape index (κ2) is 6.87. The summed E-state index contributed by atoms with van der Waals surface area (Å²) in [5.41, 5.74) is 11.0. The Hall–Kier alpha value is -0.650. The second-order valence-electron chi connectivity index (χ2n) is 6.55. The number of piperidine rings is 1. The van der Waals surface area contributed by atoms with Crippen LogP contribution in [0.1, 0.15) is 38.5 Å². The maximum Gasteiger partial charge on any atom is 0.237 e. The molecule has 20 heavy (non-hydrogen) atoms. The molecule has 0 aromatic heterocycles. The van der Waals surface area contributed by atoms with Gasteiger partial charge in [0.05, 0.1) is 12.1 Å². The molecule has 1 aliphatic heterocycles. The average Bonchev–Trinajstić information content (AvgIpc) is 2.80. The number of likely N-dealkylation sites (tertiary alicyclic amines) is 1. The SMILES string of the molecule is COCC1CCCN(CCC2CCCC2(N)C(N)=O)C1. The molecule has 0 bridgehead atoms. The van der Waals surface area contributed by atoms with Crippen LogP contribution in [0.3, 0.4) is 0 Å². The van der Waals surface area contributed by atoms with Crippen molar-refractivity contribution in [1.82, 2.24) is 4.90 Å². The zero-order valence-electron chi connectivity index (χ0n) is 12.6. The van der Waals surface area contributed by atoms with Gasteiger partial charge in [0.25, 0.3) is 0 Å². The second-order valence-corrected chi connectivity index (χ2v) is 6.55. The van der Waals surface area contributed by atoms with Crippen molar-refractivity contribution in [3.8, 4) is 0 Å². The van der Waals surface area contributed by atoms with Gasteiger partial charge in [0.15, 0.2) is 0 Å². The molecule has 1 heterocycles. The van der Waals surface area contributed by atoms with Crippen LogP contribution in [0.4, 0.5) is 0 Å². The minimum atomic E-state index is -0.762. The van der Waals surface area contributed by atoms with Gasteiger partial charge in [-0.25, -0.2) is 0 Å². The lowest BCUT2D eigenvalue weighted by Gasteiger charge is -2.35. The van der Waals surface area contributed by atoms with Crippen LogP contribution in [0.15, 0.2) is 0 Å². The van der Waals surface area contributed by atoms with Gasteiger partial charge in [-0.05, 0) is 57.0 Å². The summed E-state index contributed by atoms with van der Waals surface area (Å²) < 4.78 is 5.26. The molecule has 1 amide bonds. The van der Waals surface area contributed by atoms with Crippen molar-refractivity contribution in [2.45, 2.75) is 44.1 Å². The number of hydrogen-bond donors (Lipinski definition) is 2. The van der Waals surface area contributed by atoms with Gasteiger partial charge in [0.2, 0.25) is 5.91 Å². The maximum atomic E-state index is 11.6. The Bertz CT molecular complexity index is 335. The number of nitrogens with two attached hydrogens (primary N) is 2. The van der Waals surface area contributed by atoms with Gasteiger partial charge in [-0.15, -0.1) is 0 Å². The Balaban J connectivity index is 1.81. The standard InChI is InChI=1S/C15H29N3O2/c1-20-11-12-4-3-8-18(10-12)9-6-13-5-2-7-15(13,17)14(16)19/h12-13H,2-11,17H2,1H3,(H2,16,19). The summed E-state index contributed by atoms with van der Waals surface area (Å²) in [6.45, 7) is 4.13. The first kappa shape index (κ1) is 15.7. The largest absolute Gasteiger partial charge is 0.384 e. The normalized spacial score (nSPS) is 35.3. The van der Waals surface area contributed by atoms with Crippen molar-refractivity contribution < 1.29 is 9.53 Å². The fourth-order valence-electron chi connectivity index (χ4n) is 3.89. The highest BCUT2D eigenvalue weighted by Gasteiger charge is 2.44. The monoisotopic (exact) mass is 283 g/mol. The van der Waals surface area contributed by atoms with Crippen LogP contribution in [0, 0.1) is 11.8 Å². The van der Waals surface area contributed by atoms with E-state index in [1.807, 2.05) is 0 Å². The first-order chi connectivity index (χ1) is 9.56. The van der Waals surface area contributed by atoms with Crippen molar-refractivity contribution in [3.63, 3.8) is 0 Å². The molecule has 5 heteroatoms. The number of amides is 1. The average molecular weight is 283 g/mol. The molecule has 0 radical (unpaired) electrons. The first-order valence-corrected chi connectivity index (χ1v) is 7.86. The Kier molecular flexibility index (Phi) is 5.41. The molecule has 116 valence electrons. The van der Waals surface area contributed by atoms with Crippen molar-refractivity contribution >= 4 is 5.91 Å². The zero-order chi connectivity index (χ0) is 14.6. The molecule has 1 aliphatic carbocycles. The molecular weight excluding hydrogens is 254 g/mol. The van der Waals surface area contributed by atoms with Gasteiger partial charge in [0.1, 0.15) is 0 Å². The number of carbonyl (C=O) groups excluding carboxylic acids is 1. The number of methoxy groups -OCH3 is 1. The minimum Gasteiger partial charge on any atom is -0.384 e. The molecule has 1 saturated heterocycles. The molecular formula is C15H29N3O2. The van der Waals surface area contributed by atoms with Crippen LogP contribution in [-0.2, 0) is 9.53 Å². The summed E-state index contributed by atoms with van der Waals surface area (Å²) >= 11 is 0. The van der Waals surface area contributed by atoms with Crippen LogP contribution in [0.2, 0.25) is 0 Å². The van der Waals surface area contributed by atoms with E-state index in [1.54, 1.807) is 7.11 Å². The predicted octanol–water partition coefficient (Wildman–Crippen LogP) is 0.718. The van der Waals surface area contributed by atoms with E-state index in [4.69, 9.17) is 16.2 Å². The minimum absolute atomic E-state index is 0.253. The van der Waals surface area contributed by atoms with Crippen molar-refractivity contribution in [1.29, 1.82) is 0 Å². The van der Waals surface area contributed by atoms with E-state index in [9.17, 15) is 4.79 Å². The summed E-state index contributed by atoms with van der Waals surface area (Å²) in [6, 6.07) is 0. The molecule has 2 rings (SSSR count). The molecule has 5 nitrogen and oxygen atoms in total. The molecule has 0 aromatic rings. The molecule has 2 fully saturated rings. The Labute approximate surface area is 122 Å². The van der Waals surface area contributed by atoms with Gasteiger partial charge in [-0.2, -0.15) is 0 Å². The summed E-state index contributed by atoms with van der Waals surface area (Å²) in [7, 11) is 1.77. The van der Waals surface area contributed by atoms with Gasteiger partial charge >= 0.3 is 0 Å².